The fourth-order valence-corrected chi connectivity index (χ4v) is 14.9. The average molecular weight is 1110 g/mol. The van der Waals surface area contributed by atoms with Crippen LogP contribution in [0.2, 0.25) is 0 Å². The molecule has 0 spiro atoms. The molecule has 6 aromatic rings. The Kier molecular flexibility index (Phi) is 16.7. The zero-order valence-electron chi connectivity index (χ0n) is 49.5. The number of hydrogen-bond donors (Lipinski definition) is 0. The van der Waals surface area contributed by atoms with Gasteiger partial charge < -0.3 is 19.3 Å². The van der Waals surface area contributed by atoms with Crippen molar-refractivity contribution in [2.75, 3.05) is 86.5 Å². The maximum absolute atomic E-state index is 11.8. The Morgan fingerprint density at radius 3 is 1.35 bits per heavy atom. The molecule has 422 valence electrons. The first-order valence-electron chi connectivity index (χ1n) is 28.3. The number of quaternary nitrogens is 1. The summed E-state index contributed by atoms with van der Waals surface area (Å²) in [6.45, 7) is 35.8. The molecule has 1 saturated heterocycles. The largest absolute Gasteiger partial charge is 0.748 e. The van der Waals surface area contributed by atoms with Crippen LogP contribution in [0.15, 0.2) is 72.8 Å². The summed E-state index contributed by atoms with van der Waals surface area (Å²) in [5.41, 5.74) is 31.6. The van der Waals surface area contributed by atoms with Crippen LogP contribution in [0, 0.1) is 69.2 Å². The Morgan fingerprint density at radius 2 is 0.949 bits per heavy atom. The van der Waals surface area contributed by atoms with Gasteiger partial charge in [0.1, 0.15) is 12.2 Å². The van der Waals surface area contributed by atoms with Gasteiger partial charge in [0.15, 0.2) is 6.67 Å². The van der Waals surface area contributed by atoms with E-state index in [4.69, 9.17) is 0 Å². The molecule has 5 heterocycles. The van der Waals surface area contributed by atoms with E-state index in [0.29, 0.717) is 30.5 Å². The summed E-state index contributed by atoms with van der Waals surface area (Å²) < 4.78 is 60.7. The average Bonchev–Trinajstić information content (AvgIpc) is 3.82. The van der Waals surface area contributed by atoms with Crippen LogP contribution >= 0.6 is 0 Å². The first-order valence-corrected chi connectivity index (χ1v) is 31.4. The van der Waals surface area contributed by atoms with Gasteiger partial charge in [0.2, 0.25) is 0 Å². The summed E-state index contributed by atoms with van der Waals surface area (Å²) in [6.07, 6.45) is 0.985. The Labute approximate surface area is 473 Å². The third-order valence-electron chi connectivity index (χ3n) is 17.3. The van der Waals surface area contributed by atoms with Gasteiger partial charge in [-0.05, 0) is 247 Å². The molecule has 1 unspecified atom stereocenters. The van der Waals surface area contributed by atoms with Crippen LogP contribution in [-0.4, -0.2) is 103 Å². The molecule has 1 fully saturated rings. The first-order chi connectivity index (χ1) is 37.3. The molecular weight excluding hydrogens is 1020 g/mol. The molecule has 1 atom stereocenters. The van der Waals surface area contributed by atoms with Gasteiger partial charge in [-0.15, -0.1) is 0 Å². The van der Waals surface area contributed by atoms with Gasteiger partial charge in [0.05, 0.1) is 54.6 Å². The molecule has 79 heavy (non-hydrogen) atoms. The van der Waals surface area contributed by atoms with Crippen molar-refractivity contribution in [3.8, 4) is 33.4 Å². The lowest BCUT2D eigenvalue weighted by Gasteiger charge is -2.52. The number of hydrogen-bond acceptors (Lipinski definition) is 11. The topological polar surface area (TPSA) is 117 Å². The number of aryl methyl sites for hydroxylation is 8. The van der Waals surface area contributed by atoms with Crippen molar-refractivity contribution in [3.05, 3.63) is 151 Å². The van der Waals surface area contributed by atoms with Crippen LogP contribution in [0.1, 0.15) is 105 Å². The second-order valence-electron chi connectivity index (χ2n) is 23.6. The minimum Gasteiger partial charge on any atom is -0.748 e. The fraction of sp³-hybridized carbons (Fsp3) is 0.446. The highest BCUT2D eigenvalue weighted by Crippen LogP contribution is 2.49. The van der Waals surface area contributed by atoms with E-state index in [2.05, 4.69) is 199 Å². The molecule has 0 N–H and O–H groups in total. The standard InChI is InChI=1S/C41H50N4O3S.C21H28N2.C3H6O3S/c1-9-43-24-42(8)21-36-18-33(15-28(4)39(36)43)34-16-29(5)40-38(20-34)23-45(11-10-12-49(46,47)48)25-44(40)22-37-19-35(17-30(6)41(37)45)32-13-26(2)31(7)27(3)14-32;1-7-23-13-22(6)12-20-11-19(10-16(4)21(20)23)18-8-14(2)17(5)15(3)9-18;4-7(5)3-1-2-6-7/h13-20H,9-12,21-25H2,1-8H3;8-11H,7,12-13H2,1-6H3;1-3H2. The quantitative estimate of drug-likeness (QED) is 0.0782. The lowest BCUT2D eigenvalue weighted by Crippen LogP contribution is -2.62. The molecular formula is C65H84N6O6S2. The molecule has 5 aliphatic rings. The summed E-state index contributed by atoms with van der Waals surface area (Å²) in [5.74, 6) is -0.141. The van der Waals surface area contributed by atoms with Gasteiger partial charge in [-0.2, -0.15) is 8.42 Å². The van der Waals surface area contributed by atoms with Crippen LogP contribution in [0.5, 0.6) is 0 Å². The van der Waals surface area contributed by atoms with Crippen molar-refractivity contribution in [2.24, 2.45) is 0 Å². The lowest BCUT2D eigenvalue weighted by molar-refractivity contribution is 0.235. The Morgan fingerprint density at radius 1 is 0.544 bits per heavy atom. The van der Waals surface area contributed by atoms with E-state index < -0.39 is 20.2 Å². The predicted octanol–water partition coefficient (Wildman–Crippen LogP) is 12.4. The van der Waals surface area contributed by atoms with Crippen molar-refractivity contribution < 1.29 is 25.6 Å². The molecule has 0 saturated carbocycles. The molecule has 14 heteroatoms. The van der Waals surface area contributed by atoms with E-state index in [0.717, 1.165) is 59.3 Å². The van der Waals surface area contributed by atoms with E-state index >= 15 is 0 Å². The summed E-state index contributed by atoms with van der Waals surface area (Å²) in [7, 11) is -2.97. The van der Waals surface area contributed by atoms with Crippen molar-refractivity contribution in [2.45, 2.75) is 122 Å². The molecule has 12 nitrogen and oxygen atoms in total. The highest BCUT2D eigenvalue weighted by molar-refractivity contribution is 7.86. The van der Waals surface area contributed by atoms with Gasteiger partial charge in [0, 0.05) is 66.4 Å². The second kappa shape index (κ2) is 22.8. The zero-order chi connectivity index (χ0) is 57.0. The maximum Gasteiger partial charge on any atom is 0.267 e. The van der Waals surface area contributed by atoms with Crippen molar-refractivity contribution >= 4 is 43.0 Å². The fourth-order valence-electron chi connectivity index (χ4n) is 13.5. The van der Waals surface area contributed by atoms with Gasteiger partial charge in [-0.25, -0.2) is 8.42 Å². The Bertz CT molecular complexity index is 3520. The Balaban J connectivity index is 0.000000207. The van der Waals surface area contributed by atoms with E-state index in [1.54, 1.807) is 0 Å². The van der Waals surface area contributed by atoms with Crippen molar-refractivity contribution in [3.63, 3.8) is 0 Å². The van der Waals surface area contributed by atoms with E-state index in [1.165, 1.54) is 134 Å². The van der Waals surface area contributed by atoms with Crippen LogP contribution in [0.3, 0.4) is 0 Å². The summed E-state index contributed by atoms with van der Waals surface area (Å²) >= 11 is 0. The van der Waals surface area contributed by atoms with Gasteiger partial charge in [-0.1, -0.05) is 24.3 Å². The minimum absolute atomic E-state index is 0.201. The van der Waals surface area contributed by atoms with E-state index in [9.17, 15) is 21.4 Å². The van der Waals surface area contributed by atoms with Crippen LogP contribution in [0.4, 0.5) is 22.7 Å². The van der Waals surface area contributed by atoms with Gasteiger partial charge >= 0.3 is 0 Å². The Hall–Kier alpha value is -5.58. The summed E-state index contributed by atoms with van der Waals surface area (Å²) in [5, 5.41) is 0. The van der Waals surface area contributed by atoms with Crippen LogP contribution < -0.4 is 19.2 Å². The van der Waals surface area contributed by atoms with E-state index in [-0.39, 0.29) is 11.5 Å². The van der Waals surface area contributed by atoms with Crippen molar-refractivity contribution in [1.82, 2.24) is 14.3 Å². The third-order valence-corrected chi connectivity index (χ3v) is 19.4. The second-order valence-corrected chi connectivity index (χ2v) is 26.9. The number of rotatable bonds is 9. The molecule has 5 aliphatic heterocycles. The number of nitrogens with zero attached hydrogens (tertiary/aromatic N) is 6. The predicted molar refractivity (Wildman–Crippen MR) is 327 cm³/mol. The monoisotopic (exact) mass is 1110 g/mol. The van der Waals surface area contributed by atoms with Gasteiger partial charge in [0.25, 0.3) is 10.1 Å². The highest BCUT2D eigenvalue weighted by Gasteiger charge is 2.46. The maximum atomic E-state index is 11.8. The van der Waals surface area contributed by atoms with Crippen LogP contribution in [-0.2, 0) is 50.6 Å². The molecule has 2 bridgehead atoms. The molecule has 0 amide bonds. The number of fused-ring (bicyclic) bond motifs is 8. The lowest BCUT2D eigenvalue weighted by atomic mass is 9.88. The molecule has 6 aromatic carbocycles. The van der Waals surface area contributed by atoms with Crippen LogP contribution in [0.25, 0.3) is 33.4 Å². The smallest absolute Gasteiger partial charge is 0.267 e. The summed E-state index contributed by atoms with van der Waals surface area (Å²) in [6, 6.07) is 28.1. The molecule has 0 aromatic heterocycles. The van der Waals surface area contributed by atoms with E-state index in [1.807, 2.05) is 0 Å². The normalized spacial score (nSPS) is 18.4. The first kappa shape index (κ1) is 58.1. The summed E-state index contributed by atoms with van der Waals surface area (Å²) in [4.78, 5) is 12.2. The molecule has 0 aliphatic carbocycles. The van der Waals surface area contributed by atoms with Crippen molar-refractivity contribution in [1.29, 1.82) is 0 Å². The third kappa shape index (κ3) is 12.2. The molecule has 11 rings (SSSR count). The zero-order valence-corrected chi connectivity index (χ0v) is 51.1. The number of anilines is 3. The highest BCUT2D eigenvalue weighted by atomic mass is 32.2. The number of benzene rings is 6. The molecule has 0 radical (unpaired) electrons. The SMILES string of the molecule is CCN1CN(C)Cc2cc(-c3cc(C)c(C)c(C)c3)cc(C)c21.CCN1CN(C)Cc2cc(-c3cc(C)c4c(c3)C[N+]3(CCCS(=O)(=O)[O-])CN4Cc4cc(-c5cc(C)c(C)c(C)c5)cc(C)c43)cc(C)c21.O=S1(=O)CCCO1. The minimum atomic E-state index is -4.31. The van der Waals surface area contributed by atoms with Gasteiger partial charge in [-0.3, -0.25) is 18.5 Å².